The summed E-state index contributed by atoms with van der Waals surface area (Å²) >= 11 is 0. The molecule has 166 valence electrons. The minimum Gasteiger partial charge on any atom is -0.383 e. The van der Waals surface area contributed by atoms with Crippen molar-refractivity contribution in [1.29, 1.82) is 0 Å². The van der Waals surface area contributed by atoms with Gasteiger partial charge < -0.3 is 19.9 Å². The molecule has 5 rings (SSSR count). The standard InChI is InChI=1S/C25H27FN4O2/c1-16-2-4-17(5-3-16)21-14-29(25(31)19-10-12-32-13-11-19)15-22-28-23(24(27)30(21)22)18-6-8-20(26)9-7-18/h2-9,19,21H,10-15,27H2,1H3. The first-order chi connectivity index (χ1) is 15.5. The second kappa shape index (κ2) is 8.39. The first-order valence-corrected chi connectivity index (χ1v) is 11.1. The van der Waals surface area contributed by atoms with Crippen molar-refractivity contribution in [3.05, 3.63) is 71.3 Å². The summed E-state index contributed by atoms with van der Waals surface area (Å²) in [6.45, 7) is 4.25. The second-order valence-corrected chi connectivity index (χ2v) is 8.67. The van der Waals surface area contributed by atoms with Crippen LogP contribution in [0.2, 0.25) is 0 Å². The third-order valence-electron chi connectivity index (χ3n) is 6.52. The Balaban J connectivity index is 1.55. The van der Waals surface area contributed by atoms with Crippen LogP contribution >= 0.6 is 0 Å². The number of rotatable bonds is 3. The minimum atomic E-state index is -0.304. The van der Waals surface area contributed by atoms with Crippen molar-refractivity contribution in [2.24, 2.45) is 5.92 Å². The van der Waals surface area contributed by atoms with Gasteiger partial charge in [0.05, 0.1) is 12.6 Å². The molecule has 1 saturated heterocycles. The maximum atomic E-state index is 13.5. The first kappa shape index (κ1) is 20.7. The predicted molar refractivity (Wildman–Crippen MR) is 120 cm³/mol. The van der Waals surface area contributed by atoms with Gasteiger partial charge in [0.1, 0.15) is 23.2 Å². The lowest BCUT2D eigenvalue weighted by atomic mass is 9.96. The lowest BCUT2D eigenvalue weighted by Gasteiger charge is -2.37. The zero-order chi connectivity index (χ0) is 22.2. The van der Waals surface area contributed by atoms with Crippen LogP contribution in [0.5, 0.6) is 0 Å². The smallest absolute Gasteiger partial charge is 0.226 e. The molecular weight excluding hydrogens is 407 g/mol. The number of nitrogens with zero attached hydrogens (tertiary/aromatic N) is 3. The van der Waals surface area contributed by atoms with E-state index in [1.807, 2.05) is 9.47 Å². The Hall–Kier alpha value is -3.19. The Bertz CT molecular complexity index is 1120. The number of amides is 1. The van der Waals surface area contributed by atoms with Gasteiger partial charge in [0.25, 0.3) is 0 Å². The normalized spacial score (nSPS) is 19.1. The molecule has 1 unspecified atom stereocenters. The molecule has 2 N–H and O–H groups in total. The molecule has 0 saturated carbocycles. The monoisotopic (exact) mass is 434 g/mol. The van der Waals surface area contributed by atoms with Crippen molar-refractivity contribution in [2.45, 2.75) is 32.4 Å². The number of carbonyl (C=O) groups is 1. The van der Waals surface area contributed by atoms with Gasteiger partial charge in [0, 0.05) is 31.2 Å². The minimum absolute atomic E-state index is 0.0159. The van der Waals surface area contributed by atoms with Crippen LogP contribution in [0, 0.1) is 18.7 Å². The maximum absolute atomic E-state index is 13.5. The molecule has 0 spiro atoms. The highest BCUT2D eigenvalue weighted by molar-refractivity contribution is 5.79. The summed E-state index contributed by atoms with van der Waals surface area (Å²) in [6, 6.07) is 14.4. The largest absolute Gasteiger partial charge is 0.383 e. The Morgan fingerprint density at radius 2 is 1.78 bits per heavy atom. The van der Waals surface area contributed by atoms with Gasteiger partial charge in [0.15, 0.2) is 0 Å². The van der Waals surface area contributed by atoms with Crippen molar-refractivity contribution in [3.8, 4) is 11.3 Å². The Morgan fingerprint density at radius 1 is 1.09 bits per heavy atom. The van der Waals surface area contributed by atoms with Crippen LogP contribution in [0.1, 0.15) is 35.8 Å². The molecule has 3 aromatic rings. The van der Waals surface area contributed by atoms with Crippen LogP contribution in [-0.2, 0) is 16.1 Å². The van der Waals surface area contributed by atoms with Gasteiger partial charge in [-0.15, -0.1) is 0 Å². The number of hydrogen-bond acceptors (Lipinski definition) is 4. The molecule has 2 aliphatic heterocycles. The van der Waals surface area contributed by atoms with E-state index in [-0.39, 0.29) is 23.7 Å². The zero-order valence-electron chi connectivity index (χ0n) is 18.1. The number of aromatic nitrogens is 2. The molecule has 0 bridgehead atoms. The van der Waals surface area contributed by atoms with Crippen molar-refractivity contribution in [3.63, 3.8) is 0 Å². The van der Waals surface area contributed by atoms with Gasteiger partial charge in [-0.2, -0.15) is 0 Å². The van der Waals surface area contributed by atoms with Crippen molar-refractivity contribution in [1.82, 2.24) is 14.5 Å². The van der Waals surface area contributed by atoms with E-state index in [1.165, 1.54) is 17.7 Å². The third kappa shape index (κ3) is 3.77. The maximum Gasteiger partial charge on any atom is 0.226 e. The summed E-state index contributed by atoms with van der Waals surface area (Å²) in [6.07, 6.45) is 1.50. The zero-order valence-corrected chi connectivity index (χ0v) is 18.1. The number of fused-ring (bicyclic) bond motifs is 1. The fourth-order valence-corrected chi connectivity index (χ4v) is 4.71. The predicted octanol–water partition coefficient (Wildman–Crippen LogP) is 3.94. The van der Waals surface area contributed by atoms with E-state index in [0.717, 1.165) is 29.8 Å². The average Bonchev–Trinajstić information content (AvgIpc) is 3.16. The summed E-state index contributed by atoms with van der Waals surface area (Å²) in [7, 11) is 0. The van der Waals surface area contributed by atoms with E-state index in [2.05, 4.69) is 31.2 Å². The van der Waals surface area contributed by atoms with E-state index in [9.17, 15) is 9.18 Å². The number of aryl methyl sites for hydroxylation is 1. The number of imidazole rings is 1. The van der Waals surface area contributed by atoms with E-state index in [0.29, 0.717) is 37.8 Å². The summed E-state index contributed by atoms with van der Waals surface area (Å²) in [5.41, 5.74) is 10.2. The Labute approximate surface area is 186 Å². The quantitative estimate of drug-likeness (QED) is 0.678. The summed E-state index contributed by atoms with van der Waals surface area (Å²) in [4.78, 5) is 20.1. The molecule has 0 aliphatic carbocycles. The number of benzene rings is 2. The SMILES string of the molecule is Cc1ccc(C2CN(C(=O)C3CCOCC3)Cc3nc(-c4ccc(F)cc4)c(N)n32)cc1. The summed E-state index contributed by atoms with van der Waals surface area (Å²) in [5.74, 6) is 1.12. The molecule has 2 aliphatic rings. The fraction of sp³-hybridized carbons (Fsp3) is 0.360. The van der Waals surface area contributed by atoms with Gasteiger partial charge in [0.2, 0.25) is 5.91 Å². The lowest BCUT2D eigenvalue weighted by molar-refractivity contribution is -0.140. The van der Waals surface area contributed by atoms with E-state index >= 15 is 0 Å². The molecule has 2 aromatic carbocycles. The van der Waals surface area contributed by atoms with Gasteiger partial charge in [-0.25, -0.2) is 9.37 Å². The highest BCUT2D eigenvalue weighted by atomic mass is 19.1. The average molecular weight is 435 g/mol. The number of halogens is 1. The molecule has 7 heteroatoms. The lowest BCUT2D eigenvalue weighted by Crippen LogP contribution is -2.45. The number of nitrogen functional groups attached to an aromatic ring is 1. The molecule has 32 heavy (non-hydrogen) atoms. The van der Waals surface area contributed by atoms with Crippen LogP contribution in [0.3, 0.4) is 0 Å². The molecule has 1 fully saturated rings. The number of anilines is 1. The summed E-state index contributed by atoms with van der Waals surface area (Å²) < 4.78 is 20.9. The fourth-order valence-electron chi connectivity index (χ4n) is 4.71. The Kier molecular flexibility index (Phi) is 5.43. The number of carbonyl (C=O) groups excluding carboxylic acids is 1. The van der Waals surface area contributed by atoms with Gasteiger partial charge in [-0.05, 0) is 49.6 Å². The second-order valence-electron chi connectivity index (χ2n) is 8.67. The number of nitrogens with two attached hydrogens (primary N) is 1. The Morgan fingerprint density at radius 3 is 2.47 bits per heavy atom. The van der Waals surface area contributed by atoms with Crippen molar-refractivity contribution in [2.75, 3.05) is 25.5 Å². The van der Waals surface area contributed by atoms with Gasteiger partial charge in [-0.3, -0.25) is 4.79 Å². The molecule has 1 aromatic heterocycles. The molecule has 1 atom stereocenters. The number of hydrogen-bond donors (Lipinski definition) is 1. The third-order valence-corrected chi connectivity index (χ3v) is 6.52. The molecule has 3 heterocycles. The summed E-state index contributed by atoms with van der Waals surface area (Å²) in [5, 5.41) is 0. The van der Waals surface area contributed by atoms with Crippen LogP contribution in [0.15, 0.2) is 48.5 Å². The molecule has 1 amide bonds. The van der Waals surface area contributed by atoms with Crippen molar-refractivity contribution < 1.29 is 13.9 Å². The highest BCUT2D eigenvalue weighted by Gasteiger charge is 2.35. The van der Waals surface area contributed by atoms with Crippen LogP contribution in [0.25, 0.3) is 11.3 Å². The van der Waals surface area contributed by atoms with Crippen molar-refractivity contribution >= 4 is 11.7 Å². The molecule has 0 radical (unpaired) electrons. The van der Waals surface area contributed by atoms with Gasteiger partial charge in [-0.1, -0.05) is 29.8 Å². The first-order valence-electron chi connectivity index (χ1n) is 11.1. The highest BCUT2D eigenvalue weighted by Crippen LogP contribution is 2.36. The van der Waals surface area contributed by atoms with Crippen LogP contribution < -0.4 is 5.73 Å². The topological polar surface area (TPSA) is 73.4 Å². The van der Waals surface area contributed by atoms with E-state index in [1.54, 1.807) is 12.1 Å². The molecular formula is C25H27FN4O2. The van der Waals surface area contributed by atoms with Crippen LogP contribution in [0.4, 0.5) is 10.2 Å². The van der Waals surface area contributed by atoms with E-state index in [4.69, 9.17) is 15.5 Å². The van der Waals surface area contributed by atoms with Crippen LogP contribution in [-0.4, -0.2) is 40.1 Å². The van der Waals surface area contributed by atoms with E-state index < -0.39 is 0 Å². The molecule has 6 nitrogen and oxygen atoms in total. The number of ether oxygens (including phenoxy) is 1. The van der Waals surface area contributed by atoms with Gasteiger partial charge >= 0.3 is 0 Å².